The zero-order valence-electron chi connectivity index (χ0n) is 15.5. The predicted octanol–water partition coefficient (Wildman–Crippen LogP) is -0.0731. The molecule has 0 unspecified atom stereocenters. The summed E-state index contributed by atoms with van der Waals surface area (Å²) in [4.78, 5) is 30.8. The normalized spacial score (nSPS) is 21.8. The van der Waals surface area contributed by atoms with Crippen LogP contribution in [0.3, 0.4) is 0 Å². The summed E-state index contributed by atoms with van der Waals surface area (Å²) in [6.07, 6.45) is 4.28. The molecule has 2 aromatic heterocycles. The second kappa shape index (κ2) is 7.69. The van der Waals surface area contributed by atoms with Gasteiger partial charge in [0.1, 0.15) is 11.3 Å². The third-order valence-electron chi connectivity index (χ3n) is 5.13. The van der Waals surface area contributed by atoms with Crippen molar-refractivity contribution >= 4 is 11.8 Å². The summed E-state index contributed by atoms with van der Waals surface area (Å²) in [7, 11) is 0. The fourth-order valence-electron chi connectivity index (χ4n) is 3.68. The molecule has 2 amide bonds. The van der Waals surface area contributed by atoms with Gasteiger partial charge in [0.25, 0.3) is 11.8 Å². The fourth-order valence-corrected chi connectivity index (χ4v) is 3.68. The lowest BCUT2D eigenvalue weighted by Crippen LogP contribution is -2.53. The molecule has 0 saturated carbocycles. The van der Waals surface area contributed by atoms with Gasteiger partial charge in [-0.3, -0.25) is 19.7 Å². The van der Waals surface area contributed by atoms with E-state index in [0.717, 1.165) is 30.5 Å². The molecule has 28 heavy (non-hydrogen) atoms. The van der Waals surface area contributed by atoms with Crippen LogP contribution >= 0.6 is 0 Å². The average Bonchev–Trinajstić information content (AvgIpc) is 3.27. The van der Waals surface area contributed by atoms with Crippen LogP contribution in [0.5, 0.6) is 0 Å². The van der Waals surface area contributed by atoms with Crippen LogP contribution in [0.15, 0.2) is 24.4 Å². The van der Waals surface area contributed by atoms with Crippen LogP contribution in [0.1, 0.15) is 38.7 Å². The molecule has 0 radical (unpaired) electrons. The van der Waals surface area contributed by atoms with E-state index in [0.29, 0.717) is 18.8 Å². The van der Waals surface area contributed by atoms with Gasteiger partial charge < -0.3 is 20.1 Å². The minimum Gasteiger partial charge on any atom is -0.384 e. The standard InChI is InChI=1S/C19H23N5O4/c25-17(15-5-1-2-7-20-15)21-10-19(27)11-24(8-9-28-12-19)18(26)16-13-4-3-6-14(13)22-23-16/h1-2,5,7,27H,3-4,6,8-12H2,(H,21,25)(H,22,23)/t19-/m0/s1. The van der Waals surface area contributed by atoms with Gasteiger partial charge in [0.05, 0.1) is 26.3 Å². The third kappa shape index (κ3) is 3.76. The lowest BCUT2D eigenvalue weighted by atomic mass is 10.0. The molecule has 3 heterocycles. The van der Waals surface area contributed by atoms with E-state index in [1.165, 1.54) is 6.20 Å². The number of nitrogens with one attached hydrogen (secondary N) is 2. The summed E-state index contributed by atoms with van der Waals surface area (Å²) in [6.45, 7) is 0.699. The van der Waals surface area contributed by atoms with E-state index in [2.05, 4.69) is 20.5 Å². The maximum Gasteiger partial charge on any atom is 0.274 e. The number of rotatable bonds is 4. The molecule has 0 aromatic carbocycles. The number of carbonyl (C=O) groups excluding carboxylic acids is 2. The molecule has 148 valence electrons. The molecule has 1 atom stereocenters. The predicted molar refractivity (Wildman–Crippen MR) is 98.9 cm³/mol. The Bertz CT molecular complexity index is 868. The smallest absolute Gasteiger partial charge is 0.274 e. The first kappa shape index (κ1) is 18.6. The van der Waals surface area contributed by atoms with E-state index in [-0.39, 0.29) is 37.2 Å². The van der Waals surface area contributed by atoms with E-state index in [1.807, 2.05) is 0 Å². The molecule has 9 heteroatoms. The third-order valence-corrected chi connectivity index (χ3v) is 5.13. The molecule has 3 N–H and O–H groups in total. The highest BCUT2D eigenvalue weighted by molar-refractivity contribution is 5.94. The number of hydrogen-bond donors (Lipinski definition) is 3. The molecule has 4 rings (SSSR count). The molecule has 9 nitrogen and oxygen atoms in total. The lowest BCUT2D eigenvalue weighted by Gasteiger charge is -2.30. The minimum absolute atomic E-state index is 0.0257. The molecule has 2 aromatic rings. The monoisotopic (exact) mass is 385 g/mol. The molecular weight excluding hydrogens is 362 g/mol. The zero-order valence-corrected chi connectivity index (χ0v) is 15.5. The number of carbonyl (C=O) groups is 2. The van der Waals surface area contributed by atoms with Crippen molar-refractivity contribution in [3.8, 4) is 0 Å². The summed E-state index contributed by atoms with van der Waals surface area (Å²) in [5, 5.41) is 20.8. The van der Waals surface area contributed by atoms with Crippen molar-refractivity contribution in [1.82, 2.24) is 25.4 Å². The number of β-amino-alcohol motifs (C(OH)–C–C–N with tert-alkyl or cyclic N) is 1. The maximum absolute atomic E-state index is 13.0. The Balaban J connectivity index is 1.44. The van der Waals surface area contributed by atoms with E-state index in [9.17, 15) is 14.7 Å². The number of fused-ring (bicyclic) bond motifs is 1. The Morgan fingerprint density at radius 3 is 3.07 bits per heavy atom. The van der Waals surface area contributed by atoms with E-state index in [4.69, 9.17) is 4.74 Å². The van der Waals surface area contributed by atoms with Crippen molar-refractivity contribution < 1.29 is 19.4 Å². The molecule has 0 bridgehead atoms. The van der Waals surface area contributed by atoms with E-state index in [1.54, 1.807) is 23.1 Å². The number of aryl methyl sites for hydroxylation is 1. The zero-order chi connectivity index (χ0) is 19.6. The summed E-state index contributed by atoms with van der Waals surface area (Å²) >= 11 is 0. The van der Waals surface area contributed by atoms with Gasteiger partial charge in [-0.05, 0) is 31.4 Å². The maximum atomic E-state index is 13.0. The van der Waals surface area contributed by atoms with Crippen LogP contribution in [0.4, 0.5) is 0 Å². The Hall–Kier alpha value is -2.78. The highest BCUT2D eigenvalue weighted by Gasteiger charge is 2.37. The number of H-pyrrole nitrogens is 1. The lowest BCUT2D eigenvalue weighted by molar-refractivity contribution is -0.0324. The molecular formula is C19H23N5O4. The summed E-state index contributed by atoms with van der Waals surface area (Å²) < 4.78 is 5.50. The van der Waals surface area contributed by atoms with Gasteiger partial charge in [-0.2, -0.15) is 5.10 Å². The number of aromatic amines is 1. The molecule has 1 aliphatic carbocycles. The molecule has 1 saturated heterocycles. The average molecular weight is 385 g/mol. The number of nitrogens with zero attached hydrogens (tertiary/aromatic N) is 3. The summed E-state index contributed by atoms with van der Waals surface area (Å²) in [5.41, 5.74) is 1.29. The molecule has 0 spiro atoms. The van der Waals surface area contributed by atoms with Gasteiger partial charge in [-0.1, -0.05) is 6.07 Å². The summed E-state index contributed by atoms with van der Waals surface area (Å²) in [5.74, 6) is -0.611. The van der Waals surface area contributed by atoms with Crippen molar-refractivity contribution in [2.45, 2.75) is 24.9 Å². The highest BCUT2D eigenvalue weighted by Crippen LogP contribution is 2.24. The Labute approximate surface area is 162 Å². The van der Waals surface area contributed by atoms with Crippen molar-refractivity contribution in [1.29, 1.82) is 0 Å². The van der Waals surface area contributed by atoms with Crippen LogP contribution in [0.25, 0.3) is 0 Å². The molecule has 1 fully saturated rings. The Kier molecular flexibility index (Phi) is 5.10. The van der Waals surface area contributed by atoms with E-state index >= 15 is 0 Å². The number of ether oxygens (including phenoxy) is 1. The first-order valence-corrected chi connectivity index (χ1v) is 9.40. The van der Waals surface area contributed by atoms with Crippen molar-refractivity contribution in [2.75, 3.05) is 32.8 Å². The second-order valence-corrected chi connectivity index (χ2v) is 7.28. The number of aromatic nitrogens is 3. The van der Waals surface area contributed by atoms with Gasteiger partial charge in [0.2, 0.25) is 0 Å². The van der Waals surface area contributed by atoms with Crippen LogP contribution < -0.4 is 5.32 Å². The van der Waals surface area contributed by atoms with Crippen LogP contribution in [-0.2, 0) is 17.6 Å². The van der Waals surface area contributed by atoms with Gasteiger partial charge in [0, 0.05) is 24.0 Å². The Morgan fingerprint density at radius 2 is 2.25 bits per heavy atom. The highest BCUT2D eigenvalue weighted by atomic mass is 16.5. The first-order chi connectivity index (χ1) is 13.6. The van der Waals surface area contributed by atoms with Crippen LogP contribution in [0, 0.1) is 0 Å². The second-order valence-electron chi connectivity index (χ2n) is 7.28. The van der Waals surface area contributed by atoms with Crippen molar-refractivity contribution in [3.63, 3.8) is 0 Å². The van der Waals surface area contributed by atoms with Gasteiger partial charge >= 0.3 is 0 Å². The molecule has 2 aliphatic rings. The number of aliphatic hydroxyl groups is 1. The molecule has 1 aliphatic heterocycles. The van der Waals surface area contributed by atoms with Gasteiger partial charge in [0.15, 0.2) is 5.69 Å². The van der Waals surface area contributed by atoms with Crippen LogP contribution in [-0.4, -0.2) is 75.5 Å². The SMILES string of the molecule is O=C(NC[C@@]1(O)COCCN(C(=O)c2n[nH]c3c2CCC3)C1)c1ccccn1. The quantitative estimate of drug-likeness (QED) is 0.677. The summed E-state index contributed by atoms with van der Waals surface area (Å²) in [6, 6.07) is 5.03. The minimum atomic E-state index is -1.39. The fraction of sp³-hybridized carbons (Fsp3) is 0.474. The van der Waals surface area contributed by atoms with Gasteiger partial charge in [-0.25, -0.2) is 0 Å². The van der Waals surface area contributed by atoms with E-state index < -0.39 is 5.60 Å². The number of hydrogen-bond acceptors (Lipinski definition) is 6. The van der Waals surface area contributed by atoms with Crippen molar-refractivity contribution in [2.24, 2.45) is 0 Å². The topological polar surface area (TPSA) is 120 Å². The van der Waals surface area contributed by atoms with Crippen molar-refractivity contribution in [3.05, 3.63) is 47.0 Å². The van der Waals surface area contributed by atoms with Gasteiger partial charge in [-0.15, -0.1) is 0 Å². The number of amides is 2. The Morgan fingerprint density at radius 1 is 1.36 bits per heavy atom. The first-order valence-electron chi connectivity index (χ1n) is 9.40. The van der Waals surface area contributed by atoms with Crippen LogP contribution in [0.2, 0.25) is 0 Å². The largest absolute Gasteiger partial charge is 0.384 e. The number of pyridine rings is 1.